The van der Waals surface area contributed by atoms with E-state index in [0.29, 0.717) is 6.42 Å². The molecule has 0 bridgehead atoms. The maximum atomic E-state index is 10.8. The highest BCUT2D eigenvalue weighted by molar-refractivity contribution is 5.71. The Bertz CT molecular complexity index is 196. The number of ether oxygens (including phenoxy) is 1. The van der Waals surface area contributed by atoms with Gasteiger partial charge in [0.05, 0.1) is 0 Å². The molecule has 1 fully saturated rings. The monoisotopic (exact) mass is 196 g/mol. The van der Waals surface area contributed by atoms with Crippen molar-refractivity contribution in [1.82, 2.24) is 0 Å². The molecule has 1 heterocycles. The Balaban J connectivity index is 1.99. The highest BCUT2D eigenvalue weighted by Crippen LogP contribution is 2.17. The van der Waals surface area contributed by atoms with Crippen LogP contribution in [-0.2, 0) is 9.53 Å². The van der Waals surface area contributed by atoms with E-state index in [-0.39, 0.29) is 12.1 Å². The lowest BCUT2D eigenvalue weighted by molar-refractivity contribution is -0.141. The minimum Gasteiger partial charge on any atom is -0.462 e. The molecule has 0 aromatic carbocycles. The van der Waals surface area contributed by atoms with Crippen LogP contribution in [0.15, 0.2) is 12.2 Å². The molecule has 14 heavy (non-hydrogen) atoms. The SMILES string of the molecule is CCCCC/C=C/C[C@@H]1CCC(=O)O1. The standard InChI is InChI=1S/C12H20O2/c1-2-3-4-5-6-7-8-11-9-10-12(13)14-11/h6-7,11H,2-5,8-10H2,1H3/b7-6+/t11-/m1/s1. The van der Waals surface area contributed by atoms with Crippen molar-refractivity contribution in [1.29, 1.82) is 0 Å². The van der Waals surface area contributed by atoms with Crippen LogP contribution in [-0.4, -0.2) is 12.1 Å². The second-order valence-corrected chi connectivity index (χ2v) is 3.85. The summed E-state index contributed by atoms with van der Waals surface area (Å²) in [6.07, 6.45) is 11.9. The highest BCUT2D eigenvalue weighted by Gasteiger charge is 2.21. The molecule has 0 aromatic heterocycles. The van der Waals surface area contributed by atoms with Gasteiger partial charge in [-0.05, 0) is 19.3 Å². The largest absolute Gasteiger partial charge is 0.462 e. The quantitative estimate of drug-likeness (QED) is 0.370. The van der Waals surface area contributed by atoms with Gasteiger partial charge in [0.15, 0.2) is 0 Å². The second-order valence-electron chi connectivity index (χ2n) is 3.85. The molecule has 2 nitrogen and oxygen atoms in total. The van der Waals surface area contributed by atoms with Gasteiger partial charge in [-0.15, -0.1) is 0 Å². The van der Waals surface area contributed by atoms with Crippen molar-refractivity contribution in [3.8, 4) is 0 Å². The Morgan fingerprint density at radius 2 is 2.29 bits per heavy atom. The van der Waals surface area contributed by atoms with Crippen LogP contribution in [0.1, 0.15) is 51.9 Å². The van der Waals surface area contributed by atoms with E-state index in [1.54, 1.807) is 0 Å². The zero-order valence-electron chi connectivity index (χ0n) is 9.00. The fourth-order valence-electron chi connectivity index (χ4n) is 1.63. The van der Waals surface area contributed by atoms with Crippen molar-refractivity contribution < 1.29 is 9.53 Å². The van der Waals surface area contributed by atoms with E-state index in [1.165, 1.54) is 19.3 Å². The highest BCUT2D eigenvalue weighted by atomic mass is 16.5. The molecule has 1 aliphatic heterocycles. The van der Waals surface area contributed by atoms with Crippen LogP contribution in [0.2, 0.25) is 0 Å². The Labute approximate surface area is 86.3 Å². The molecule has 0 spiro atoms. The third kappa shape index (κ3) is 4.45. The zero-order chi connectivity index (χ0) is 10.2. The van der Waals surface area contributed by atoms with Crippen LogP contribution >= 0.6 is 0 Å². The summed E-state index contributed by atoms with van der Waals surface area (Å²) in [5.74, 6) is -0.0330. The van der Waals surface area contributed by atoms with Crippen LogP contribution in [0.25, 0.3) is 0 Å². The van der Waals surface area contributed by atoms with Crippen molar-refractivity contribution in [3.63, 3.8) is 0 Å². The molecule has 0 unspecified atom stereocenters. The van der Waals surface area contributed by atoms with Gasteiger partial charge in [0, 0.05) is 12.8 Å². The van der Waals surface area contributed by atoms with E-state index in [9.17, 15) is 4.79 Å². The zero-order valence-corrected chi connectivity index (χ0v) is 9.00. The number of cyclic esters (lactones) is 1. The van der Waals surface area contributed by atoms with Crippen LogP contribution in [0.4, 0.5) is 0 Å². The molecular formula is C12H20O2. The van der Waals surface area contributed by atoms with Crippen molar-refractivity contribution in [2.45, 2.75) is 58.0 Å². The van der Waals surface area contributed by atoms with Crippen LogP contribution in [0.5, 0.6) is 0 Å². The molecule has 0 radical (unpaired) electrons. The number of carbonyl (C=O) groups is 1. The molecule has 1 rings (SSSR count). The molecule has 0 saturated carbocycles. The van der Waals surface area contributed by atoms with Crippen LogP contribution < -0.4 is 0 Å². The molecule has 0 aromatic rings. The van der Waals surface area contributed by atoms with Crippen molar-refractivity contribution in [2.24, 2.45) is 0 Å². The van der Waals surface area contributed by atoms with Crippen LogP contribution in [0.3, 0.4) is 0 Å². The van der Waals surface area contributed by atoms with Gasteiger partial charge in [-0.1, -0.05) is 31.9 Å². The van der Waals surface area contributed by atoms with E-state index >= 15 is 0 Å². The summed E-state index contributed by atoms with van der Waals surface area (Å²) >= 11 is 0. The van der Waals surface area contributed by atoms with Gasteiger partial charge in [0.25, 0.3) is 0 Å². The van der Waals surface area contributed by atoms with Crippen molar-refractivity contribution >= 4 is 5.97 Å². The van der Waals surface area contributed by atoms with E-state index in [1.807, 2.05) is 0 Å². The van der Waals surface area contributed by atoms with Crippen molar-refractivity contribution in [3.05, 3.63) is 12.2 Å². The predicted molar refractivity (Wildman–Crippen MR) is 57.0 cm³/mol. The molecule has 1 aliphatic rings. The number of carbonyl (C=O) groups excluding carboxylic acids is 1. The van der Waals surface area contributed by atoms with Gasteiger partial charge >= 0.3 is 5.97 Å². The first-order valence-corrected chi connectivity index (χ1v) is 5.67. The smallest absolute Gasteiger partial charge is 0.306 e. The minimum absolute atomic E-state index is 0.0330. The summed E-state index contributed by atoms with van der Waals surface area (Å²) in [6.45, 7) is 2.21. The number of esters is 1. The summed E-state index contributed by atoms with van der Waals surface area (Å²) in [7, 11) is 0. The third-order valence-corrected chi connectivity index (χ3v) is 2.51. The first-order chi connectivity index (χ1) is 6.83. The predicted octanol–water partition coefficient (Wildman–Crippen LogP) is 3.22. The lowest BCUT2D eigenvalue weighted by atomic mass is 10.1. The van der Waals surface area contributed by atoms with Gasteiger partial charge in [-0.25, -0.2) is 0 Å². The third-order valence-electron chi connectivity index (χ3n) is 2.51. The molecule has 0 aliphatic carbocycles. The minimum atomic E-state index is -0.0330. The Morgan fingerprint density at radius 1 is 1.43 bits per heavy atom. The number of hydrogen-bond acceptors (Lipinski definition) is 2. The first kappa shape index (κ1) is 11.3. The lowest BCUT2D eigenvalue weighted by Crippen LogP contribution is -2.04. The number of hydrogen-bond donors (Lipinski definition) is 0. The fraction of sp³-hybridized carbons (Fsp3) is 0.750. The van der Waals surface area contributed by atoms with Gasteiger partial charge in [0.1, 0.15) is 6.10 Å². The molecule has 2 heteroatoms. The summed E-state index contributed by atoms with van der Waals surface area (Å²) in [5.41, 5.74) is 0. The van der Waals surface area contributed by atoms with Gasteiger partial charge in [-0.3, -0.25) is 4.79 Å². The Morgan fingerprint density at radius 3 is 2.93 bits per heavy atom. The van der Waals surface area contributed by atoms with E-state index in [2.05, 4.69) is 19.1 Å². The summed E-state index contributed by atoms with van der Waals surface area (Å²) in [5, 5.41) is 0. The van der Waals surface area contributed by atoms with E-state index < -0.39 is 0 Å². The molecule has 0 amide bonds. The first-order valence-electron chi connectivity index (χ1n) is 5.67. The topological polar surface area (TPSA) is 26.3 Å². The average Bonchev–Trinajstić information content (AvgIpc) is 2.58. The summed E-state index contributed by atoms with van der Waals surface area (Å²) in [4.78, 5) is 10.8. The normalized spacial score (nSPS) is 21.8. The fourth-order valence-corrected chi connectivity index (χ4v) is 1.63. The molecule has 80 valence electrons. The van der Waals surface area contributed by atoms with E-state index in [4.69, 9.17) is 4.74 Å². The maximum absolute atomic E-state index is 10.8. The molecule has 0 N–H and O–H groups in total. The van der Waals surface area contributed by atoms with Gasteiger partial charge in [-0.2, -0.15) is 0 Å². The van der Waals surface area contributed by atoms with E-state index in [0.717, 1.165) is 19.3 Å². The lowest BCUT2D eigenvalue weighted by Gasteiger charge is -2.04. The Kier molecular flexibility index (Phi) is 5.35. The summed E-state index contributed by atoms with van der Waals surface area (Å²) < 4.78 is 5.10. The maximum Gasteiger partial charge on any atom is 0.306 e. The van der Waals surface area contributed by atoms with Gasteiger partial charge in [0.2, 0.25) is 0 Å². The van der Waals surface area contributed by atoms with Crippen LogP contribution in [0, 0.1) is 0 Å². The summed E-state index contributed by atoms with van der Waals surface area (Å²) in [6, 6.07) is 0. The average molecular weight is 196 g/mol. The molecule has 1 atom stereocenters. The van der Waals surface area contributed by atoms with Crippen molar-refractivity contribution in [2.75, 3.05) is 0 Å². The second kappa shape index (κ2) is 6.63. The van der Waals surface area contributed by atoms with Gasteiger partial charge < -0.3 is 4.74 Å². The number of rotatable bonds is 6. The Hall–Kier alpha value is -0.790. The number of unbranched alkanes of at least 4 members (excludes halogenated alkanes) is 3. The number of allylic oxidation sites excluding steroid dienone is 1. The molecule has 1 saturated heterocycles. The molecular weight excluding hydrogens is 176 g/mol.